The number of anilines is 2. The van der Waals surface area contributed by atoms with Crippen molar-refractivity contribution in [2.24, 2.45) is 0 Å². The van der Waals surface area contributed by atoms with Gasteiger partial charge in [0.2, 0.25) is 11.8 Å². The lowest BCUT2D eigenvalue weighted by Crippen LogP contribution is -2.54. The summed E-state index contributed by atoms with van der Waals surface area (Å²) < 4.78 is 12.7. The van der Waals surface area contributed by atoms with E-state index in [1.807, 2.05) is 72.9 Å². The molecule has 2 saturated heterocycles. The number of para-hydroxylation sites is 1. The Morgan fingerprint density at radius 2 is 1.30 bits per heavy atom. The average Bonchev–Trinajstić information content (AvgIpc) is 3.70. The molecule has 0 spiro atoms. The number of ether oxygens (including phenoxy) is 2. The minimum Gasteiger partial charge on any atom is -0.379 e. The smallest absolute Gasteiger partial charge is 0.270 e. The van der Waals surface area contributed by atoms with Crippen molar-refractivity contribution in [1.29, 1.82) is 0 Å². The first-order valence-electron chi connectivity index (χ1n) is 19.5. The quantitative estimate of drug-likeness (QED) is 0.0964. The summed E-state index contributed by atoms with van der Waals surface area (Å²) in [5.41, 5.74) is 3.41. The van der Waals surface area contributed by atoms with Crippen molar-refractivity contribution < 1.29 is 24.0 Å². The number of carbonyl (C=O) groups is 2. The van der Waals surface area contributed by atoms with Crippen LogP contribution in [0.1, 0.15) is 11.7 Å². The van der Waals surface area contributed by atoms with Crippen molar-refractivity contribution in [2.45, 2.75) is 6.17 Å². The van der Waals surface area contributed by atoms with Crippen LogP contribution in [0.3, 0.4) is 0 Å². The summed E-state index contributed by atoms with van der Waals surface area (Å²) in [6, 6.07) is 27.5. The summed E-state index contributed by atoms with van der Waals surface area (Å²) in [5, 5.41) is 25.5. The summed E-state index contributed by atoms with van der Waals surface area (Å²) in [5.74, 6) is -0.473. The molecule has 0 saturated carbocycles. The summed E-state index contributed by atoms with van der Waals surface area (Å²) in [6.07, 6.45) is 0.833. The van der Waals surface area contributed by atoms with E-state index in [1.54, 1.807) is 26.6 Å². The monoisotopic (exact) mass is 773 g/mol. The van der Waals surface area contributed by atoms with E-state index in [0.717, 1.165) is 55.7 Å². The molecule has 8 rings (SSSR count). The molecule has 2 fully saturated rings. The van der Waals surface area contributed by atoms with Gasteiger partial charge < -0.3 is 20.1 Å². The topological polar surface area (TPSA) is 151 Å². The van der Waals surface area contributed by atoms with Crippen molar-refractivity contribution in [2.75, 3.05) is 102 Å². The molecule has 3 aliphatic rings. The summed E-state index contributed by atoms with van der Waals surface area (Å²) >= 11 is 0. The van der Waals surface area contributed by atoms with Crippen LogP contribution in [0.25, 0.3) is 27.7 Å². The molecule has 15 nitrogen and oxygen atoms in total. The van der Waals surface area contributed by atoms with Gasteiger partial charge in [-0.1, -0.05) is 54.6 Å². The fourth-order valence-electron chi connectivity index (χ4n) is 7.87. The number of carbonyl (C=O) groups excluding carboxylic acids is 2. The van der Waals surface area contributed by atoms with E-state index in [4.69, 9.17) is 14.6 Å². The van der Waals surface area contributed by atoms with Gasteiger partial charge in [0.25, 0.3) is 5.69 Å². The minimum atomic E-state index is -1.00. The number of benzene rings is 4. The van der Waals surface area contributed by atoms with E-state index in [0.29, 0.717) is 67.7 Å². The zero-order chi connectivity index (χ0) is 39.1. The SMILES string of the molecule is O=C(CNCCN1CCOCC1)N1c2cccc3cccc(c23)N(C(=O)CNCCN2CCOCC2)C1c1cn(-c2ccccc2)nc1-c1cccc([N+](=O)[O-])c1. The highest BCUT2D eigenvalue weighted by atomic mass is 16.6. The highest BCUT2D eigenvalue weighted by Gasteiger charge is 2.43. The molecule has 1 aromatic heterocycles. The van der Waals surface area contributed by atoms with Crippen molar-refractivity contribution >= 4 is 39.6 Å². The largest absolute Gasteiger partial charge is 0.379 e. The van der Waals surface area contributed by atoms with Gasteiger partial charge in [-0.2, -0.15) is 5.10 Å². The summed E-state index contributed by atoms with van der Waals surface area (Å²) in [6.45, 7) is 8.84. The molecule has 5 aromatic rings. The van der Waals surface area contributed by atoms with Gasteiger partial charge in [-0.3, -0.25) is 39.3 Å². The second-order valence-electron chi connectivity index (χ2n) is 14.3. The van der Waals surface area contributed by atoms with Gasteiger partial charge in [0.05, 0.1) is 61.5 Å². The van der Waals surface area contributed by atoms with Gasteiger partial charge in [0.15, 0.2) is 0 Å². The zero-order valence-corrected chi connectivity index (χ0v) is 31.8. The molecule has 3 aliphatic heterocycles. The molecule has 2 N–H and O–H groups in total. The first-order chi connectivity index (χ1) is 28.0. The summed E-state index contributed by atoms with van der Waals surface area (Å²) in [7, 11) is 0. The van der Waals surface area contributed by atoms with Crippen molar-refractivity contribution in [1.82, 2.24) is 30.2 Å². The van der Waals surface area contributed by atoms with Crippen molar-refractivity contribution in [3.8, 4) is 16.9 Å². The molecular weight excluding hydrogens is 727 g/mol. The maximum Gasteiger partial charge on any atom is 0.270 e. The molecule has 0 bridgehead atoms. The number of hydrogen-bond acceptors (Lipinski definition) is 11. The fraction of sp³-hybridized carbons (Fsp3) is 0.357. The maximum atomic E-state index is 14.9. The van der Waals surface area contributed by atoms with E-state index in [1.165, 1.54) is 12.1 Å². The highest BCUT2D eigenvalue weighted by molar-refractivity contribution is 6.17. The third-order valence-corrected chi connectivity index (χ3v) is 10.7. The van der Waals surface area contributed by atoms with Gasteiger partial charge >= 0.3 is 0 Å². The molecule has 15 heteroatoms. The van der Waals surface area contributed by atoms with E-state index < -0.39 is 11.1 Å². The van der Waals surface area contributed by atoms with Crippen LogP contribution in [-0.4, -0.2) is 128 Å². The van der Waals surface area contributed by atoms with E-state index in [-0.39, 0.29) is 30.6 Å². The lowest BCUT2D eigenvalue weighted by atomic mass is 9.96. The number of amides is 2. The number of nitro benzene ring substituents is 1. The van der Waals surface area contributed by atoms with Gasteiger partial charge in [0, 0.05) is 87.2 Å². The first-order valence-corrected chi connectivity index (χ1v) is 19.5. The number of nitrogens with zero attached hydrogens (tertiary/aromatic N) is 7. The Kier molecular flexibility index (Phi) is 11.9. The molecule has 4 heterocycles. The lowest BCUT2D eigenvalue weighted by Gasteiger charge is -2.44. The van der Waals surface area contributed by atoms with E-state index in [2.05, 4.69) is 20.4 Å². The number of morpholine rings is 2. The van der Waals surface area contributed by atoms with Gasteiger partial charge in [-0.05, 0) is 29.7 Å². The Hall–Kier alpha value is -5.55. The molecule has 57 heavy (non-hydrogen) atoms. The van der Waals surface area contributed by atoms with Crippen LogP contribution in [-0.2, 0) is 19.1 Å². The van der Waals surface area contributed by atoms with Crippen LogP contribution in [0, 0.1) is 10.1 Å². The third kappa shape index (κ3) is 8.44. The molecule has 296 valence electrons. The maximum absolute atomic E-state index is 14.9. The van der Waals surface area contributed by atoms with Crippen LogP contribution in [0.4, 0.5) is 17.1 Å². The minimum absolute atomic E-state index is 0.0121. The first kappa shape index (κ1) is 38.3. The average molecular weight is 774 g/mol. The van der Waals surface area contributed by atoms with E-state index in [9.17, 15) is 19.7 Å². The second kappa shape index (κ2) is 17.7. The number of non-ortho nitro benzene ring substituents is 1. The van der Waals surface area contributed by atoms with Gasteiger partial charge in [-0.15, -0.1) is 0 Å². The Labute approximate surface area is 330 Å². The highest BCUT2D eigenvalue weighted by Crippen LogP contribution is 2.48. The second-order valence-corrected chi connectivity index (χ2v) is 14.3. The Morgan fingerprint density at radius 1 is 0.737 bits per heavy atom. The number of nitro groups is 1. The van der Waals surface area contributed by atoms with Crippen LogP contribution < -0.4 is 20.4 Å². The number of rotatable bonds is 14. The molecule has 0 unspecified atom stereocenters. The van der Waals surface area contributed by atoms with Gasteiger partial charge in [-0.25, -0.2) is 4.68 Å². The molecule has 0 aliphatic carbocycles. The summed E-state index contributed by atoms with van der Waals surface area (Å²) in [4.78, 5) is 49.4. The third-order valence-electron chi connectivity index (χ3n) is 10.7. The Morgan fingerprint density at radius 3 is 1.86 bits per heavy atom. The van der Waals surface area contributed by atoms with Crippen LogP contribution in [0.5, 0.6) is 0 Å². The normalized spacial score (nSPS) is 16.6. The number of hydrogen-bond donors (Lipinski definition) is 2. The molecular formula is C42H47N9O6. The Balaban J connectivity index is 1.22. The molecule has 2 amide bonds. The lowest BCUT2D eigenvalue weighted by molar-refractivity contribution is -0.384. The zero-order valence-electron chi connectivity index (χ0n) is 31.8. The van der Waals surface area contributed by atoms with Crippen LogP contribution >= 0.6 is 0 Å². The fourth-order valence-corrected chi connectivity index (χ4v) is 7.87. The molecule has 0 atom stereocenters. The van der Waals surface area contributed by atoms with Crippen molar-refractivity contribution in [3.05, 3.63) is 113 Å². The van der Waals surface area contributed by atoms with Crippen LogP contribution in [0.2, 0.25) is 0 Å². The van der Waals surface area contributed by atoms with Crippen molar-refractivity contribution in [3.63, 3.8) is 0 Å². The number of aromatic nitrogens is 2. The van der Waals surface area contributed by atoms with E-state index >= 15 is 0 Å². The molecule has 4 aromatic carbocycles. The van der Waals surface area contributed by atoms with Gasteiger partial charge in [0.1, 0.15) is 11.9 Å². The Bertz CT molecular complexity index is 2120. The predicted molar refractivity (Wildman–Crippen MR) is 218 cm³/mol. The standard InChI is InChI=1S/C42H47N9O6/c52-38(28-43-15-17-46-19-23-56-24-20-46)49-36-13-5-7-31-8-6-14-37(40(31)36)50(39(53)29-44-16-18-47-21-25-57-26-22-47)42(49)35-30-48(33-10-2-1-3-11-33)45-41(35)32-9-4-12-34(27-32)51(54)55/h1-14,27,30,42-44H,15-26,28-29H2. The predicted octanol–water partition coefficient (Wildman–Crippen LogP) is 3.82. The number of nitrogens with one attached hydrogen (secondary N) is 2. The molecule has 0 radical (unpaired) electrons. The van der Waals surface area contributed by atoms with Crippen LogP contribution in [0.15, 0.2) is 97.2 Å².